The molecule has 1 fully saturated rings. The summed E-state index contributed by atoms with van der Waals surface area (Å²) in [6.07, 6.45) is 14.3. The zero-order valence-corrected chi connectivity index (χ0v) is 17.3. The Morgan fingerprint density at radius 2 is 1.84 bits per heavy atom. The van der Waals surface area contributed by atoms with Crippen LogP contribution >= 0.6 is 0 Å². The van der Waals surface area contributed by atoms with Crippen LogP contribution in [0.5, 0.6) is 0 Å². The van der Waals surface area contributed by atoms with Gasteiger partial charge in [-0.05, 0) is 89.4 Å². The molecule has 0 amide bonds. The van der Waals surface area contributed by atoms with E-state index in [1.54, 1.807) is 5.57 Å². The highest BCUT2D eigenvalue weighted by molar-refractivity contribution is 5.84. The molecule has 1 saturated heterocycles. The third-order valence-electron chi connectivity index (χ3n) is 5.72. The van der Waals surface area contributed by atoms with Crippen molar-refractivity contribution in [3.8, 4) is 0 Å². The molecule has 25 heavy (non-hydrogen) atoms. The molecule has 1 unspecified atom stereocenters. The predicted octanol–water partition coefficient (Wildman–Crippen LogP) is 5.82. The van der Waals surface area contributed by atoms with Crippen molar-refractivity contribution in [2.24, 2.45) is 16.8 Å². The van der Waals surface area contributed by atoms with Gasteiger partial charge >= 0.3 is 0 Å². The predicted molar refractivity (Wildman–Crippen MR) is 111 cm³/mol. The second-order valence-electron chi connectivity index (χ2n) is 8.37. The maximum atomic E-state index is 4.81. The number of rotatable bonds is 5. The molecule has 0 aromatic carbocycles. The molecule has 0 radical (unpaired) electrons. The van der Waals surface area contributed by atoms with Gasteiger partial charge in [0.2, 0.25) is 0 Å². The minimum atomic E-state index is 0.420. The Balaban J connectivity index is 2.01. The van der Waals surface area contributed by atoms with Crippen LogP contribution < -0.4 is 0 Å². The van der Waals surface area contributed by atoms with Crippen LogP contribution in [-0.2, 0) is 0 Å². The van der Waals surface area contributed by atoms with E-state index in [1.807, 2.05) is 0 Å². The van der Waals surface area contributed by atoms with E-state index in [1.165, 1.54) is 43.6 Å². The van der Waals surface area contributed by atoms with Crippen molar-refractivity contribution in [3.05, 3.63) is 35.5 Å². The van der Waals surface area contributed by atoms with Crippen LogP contribution in [0.1, 0.15) is 67.2 Å². The van der Waals surface area contributed by atoms with Gasteiger partial charge in [-0.1, -0.05) is 38.2 Å². The van der Waals surface area contributed by atoms with E-state index in [9.17, 15) is 0 Å². The first-order chi connectivity index (χ1) is 11.9. The number of hydrogen-bond donors (Lipinski definition) is 0. The summed E-state index contributed by atoms with van der Waals surface area (Å²) in [6.45, 7) is 15.9. The standard InChI is InChI=1S/C23H38N2/c1-17(2)21-9-7-10-23(13-12-21)20(6)25-15-8-11-22(14-16-25)19(5)24-18(3)4/h7,9,12-13,17-18,20,22H,8,10-11,14-16H2,1-6H3/b24-19+/t20-,22?/m1/s1. The monoisotopic (exact) mass is 342 g/mol. The van der Waals surface area contributed by atoms with Crippen molar-refractivity contribution in [2.45, 2.75) is 79.3 Å². The van der Waals surface area contributed by atoms with Gasteiger partial charge in [-0.2, -0.15) is 0 Å². The molecular weight excluding hydrogens is 304 g/mol. The lowest BCUT2D eigenvalue weighted by Crippen LogP contribution is -2.35. The summed E-state index contributed by atoms with van der Waals surface area (Å²) in [7, 11) is 0. The van der Waals surface area contributed by atoms with Gasteiger partial charge in [0.15, 0.2) is 0 Å². The molecular formula is C23H38N2. The molecule has 1 heterocycles. The molecule has 2 aliphatic rings. The van der Waals surface area contributed by atoms with Gasteiger partial charge in [-0.15, -0.1) is 0 Å². The lowest BCUT2D eigenvalue weighted by atomic mass is 9.96. The number of nitrogens with zero attached hydrogens (tertiary/aromatic N) is 2. The molecule has 2 rings (SSSR count). The Hall–Kier alpha value is -1.15. The van der Waals surface area contributed by atoms with Crippen LogP contribution in [0.3, 0.4) is 0 Å². The zero-order chi connectivity index (χ0) is 18.4. The van der Waals surface area contributed by atoms with Crippen molar-refractivity contribution in [3.63, 3.8) is 0 Å². The molecule has 1 aliphatic heterocycles. The van der Waals surface area contributed by atoms with E-state index in [0.717, 1.165) is 6.42 Å². The van der Waals surface area contributed by atoms with E-state index in [-0.39, 0.29) is 0 Å². The molecule has 2 nitrogen and oxygen atoms in total. The first-order valence-electron chi connectivity index (χ1n) is 10.2. The van der Waals surface area contributed by atoms with Crippen LogP contribution in [0, 0.1) is 11.8 Å². The molecule has 0 aromatic rings. The Labute approximate surface area is 155 Å². The van der Waals surface area contributed by atoms with Gasteiger partial charge in [0, 0.05) is 17.8 Å². The van der Waals surface area contributed by atoms with Crippen LogP contribution in [0.25, 0.3) is 0 Å². The fourth-order valence-corrected chi connectivity index (χ4v) is 4.02. The molecule has 0 aromatic heterocycles. The summed E-state index contributed by atoms with van der Waals surface area (Å²) in [5, 5.41) is 0. The molecule has 1 aliphatic carbocycles. The fourth-order valence-electron chi connectivity index (χ4n) is 4.02. The summed E-state index contributed by atoms with van der Waals surface area (Å²) in [4.78, 5) is 7.50. The summed E-state index contributed by atoms with van der Waals surface area (Å²) in [6, 6.07) is 0.955. The largest absolute Gasteiger partial charge is 0.297 e. The normalized spacial score (nSPS) is 24.8. The van der Waals surface area contributed by atoms with Gasteiger partial charge in [-0.25, -0.2) is 0 Å². The van der Waals surface area contributed by atoms with Crippen LogP contribution in [0.4, 0.5) is 0 Å². The highest BCUT2D eigenvalue weighted by atomic mass is 15.1. The molecule has 2 heteroatoms. The van der Waals surface area contributed by atoms with Crippen LogP contribution in [-0.4, -0.2) is 35.8 Å². The van der Waals surface area contributed by atoms with Gasteiger partial charge in [0.25, 0.3) is 0 Å². The lowest BCUT2D eigenvalue weighted by Gasteiger charge is -2.29. The summed E-state index contributed by atoms with van der Waals surface area (Å²) in [5.41, 5.74) is 4.36. The van der Waals surface area contributed by atoms with Crippen molar-refractivity contribution in [1.82, 2.24) is 4.90 Å². The number of aliphatic imine (C=N–C) groups is 1. The first kappa shape index (κ1) is 20.2. The molecule has 2 atom stereocenters. The third kappa shape index (κ3) is 5.95. The first-order valence-corrected chi connectivity index (χ1v) is 10.2. The average molecular weight is 343 g/mol. The second-order valence-corrected chi connectivity index (χ2v) is 8.37. The topological polar surface area (TPSA) is 15.6 Å². The van der Waals surface area contributed by atoms with Crippen molar-refractivity contribution < 1.29 is 0 Å². The molecule has 140 valence electrons. The second kappa shape index (κ2) is 9.52. The zero-order valence-electron chi connectivity index (χ0n) is 17.3. The summed E-state index contributed by atoms with van der Waals surface area (Å²) < 4.78 is 0. The van der Waals surface area contributed by atoms with Gasteiger partial charge in [0.1, 0.15) is 0 Å². The highest BCUT2D eigenvalue weighted by Gasteiger charge is 2.23. The third-order valence-corrected chi connectivity index (χ3v) is 5.72. The molecule has 0 N–H and O–H groups in total. The van der Waals surface area contributed by atoms with Crippen LogP contribution in [0.15, 0.2) is 40.4 Å². The van der Waals surface area contributed by atoms with E-state index in [0.29, 0.717) is 23.9 Å². The van der Waals surface area contributed by atoms with Gasteiger partial charge in [0.05, 0.1) is 0 Å². The lowest BCUT2D eigenvalue weighted by molar-refractivity contribution is 0.239. The summed E-state index contributed by atoms with van der Waals surface area (Å²) in [5.74, 6) is 1.28. The average Bonchev–Trinajstić information content (AvgIpc) is 2.94. The highest BCUT2D eigenvalue weighted by Crippen LogP contribution is 2.26. The maximum Gasteiger partial charge on any atom is 0.0442 e. The quantitative estimate of drug-likeness (QED) is 0.575. The minimum absolute atomic E-state index is 0.420. The van der Waals surface area contributed by atoms with E-state index >= 15 is 0 Å². The van der Waals surface area contributed by atoms with Crippen molar-refractivity contribution in [1.29, 1.82) is 0 Å². The molecule has 0 bridgehead atoms. The van der Waals surface area contributed by atoms with Gasteiger partial charge < -0.3 is 0 Å². The fraction of sp³-hybridized carbons (Fsp3) is 0.696. The minimum Gasteiger partial charge on any atom is -0.297 e. The van der Waals surface area contributed by atoms with Crippen molar-refractivity contribution in [2.75, 3.05) is 13.1 Å². The number of likely N-dealkylation sites (tertiary alicyclic amines) is 1. The SMILES string of the molecule is C/C(=N\C(C)C)C1CCCN([C@H](C)C2=CC=C(C(C)C)C=CC2)CC1. The molecule has 0 saturated carbocycles. The Bertz CT molecular complexity index is 548. The Morgan fingerprint density at radius 1 is 1.08 bits per heavy atom. The van der Waals surface area contributed by atoms with E-state index < -0.39 is 0 Å². The van der Waals surface area contributed by atoms with Crippen molar-refractivity contribution >= 4 is 5.71 Å². The van der Waals surface area contributed by atoms with E-state index in [4.69, 9.17) is 4.99 Å². The number of hydrogen-bond acceptors (Lipinski definition) is 2. The molecule has 0 spiro atoms. The summed E-state index contributed by atoms with van der Waals surface area (Å²) >= 11 is 0. The smallest absolute Gasteiger partial charge is 0.0442 e. The van der Waals surface area contributed by atoms with Gasteiger partial charge in [-0.3, -0.25) is 9.89 Å². The Kier molecular flexibility index (Phi) is 7.68. The van der Waals surface area contributed by atoms with Crippen LogP contribution in [0.2, 0.25) is 0 Å². The maximum absolute atomic E-state index is 4.81. The Morgan fingerprint density at radius 3 is 2.52 bits per heavy atom. The number of allylic oxidation sites excluding steroid dienone is 5. The van der Waals surface area contributed by atoms with E-state index in [2.05, 4.69) is 70.7 Å².